The molecule has 0 fully saturated rings. The molecule has 0 unspecified atom stereocenters. The Labute approximate surface area is 162 Å². The highest BCUT2D eigenvalue weighted by atomic mass is 32.2. The molecule has 4 aromatic rings. The highest BCUT2D eigenvalue weighted by Gasteiger charge is 2.24. The van der Waals surface area contributed by atoms with Crippen molar-refractivity contribution in [2.24, 2.45) is 0 Å². The van der Waals surface area contributed by atoms with E-state index in [4.69, 9.17) is 0 Å². The Hall–Kier alpha value is -2.74. The van der Waals surface area contributed by atoms with Crippen molar-refractivity contribution >= 4 is 21.4 Å². The Balaban J connectivity index is 1.73. The number of nitrogens with one attached hydrogen (secondary N) is 1. The van der Waals surface area contributed by atoms with Gasteiger partial charge in [0.05, 0.1) is 16.8 Å². The molecular weight excluding hydrogens is 378 g/mol. The van der Waals surface area contributed by atoms with Crippen molar-refractivity contribution in [3.8, 4) is 16.3 Å². The third kappa shape index (κ3) is 3.85. The topological polar surface area (TPSA) is 64.0 Å². The van der Waals surface area contributed by atoms with Crippen LogP contribution in [0, 0.1) is 0 Å². The summed E-state index contributed by atoms with van der Waals surface area (Å²) in [6.45, 7) is 0.226. The largest absolute Gasteiger partial charge is 0.244 e. The lowest BCUT2D eigenvalue weighted by molar-refractivity contribution is 0.581. The third-order valence-corrected chi connectivity index (χ3v) is 6.33. The molecule has 0 aliphatic heterocycles. The van der Waals surface area contributed by atoms with Crippen molar-refractivity contribution < 1.29 is 8.42 Å². The second-order valence-corrected chi connectivity index (χ2v) is 8.59. The molecule has 0 saturated carbocycles. The van der Waals surface area contributed by atoms with E-state index in [0.29, 0.717) is 5.69 Å². The first-order chi connectivity index (χ1) is 13.1. The Morgan fingerprint density at radius 3 is 2.30 bits per heavy atom. The number of rotatable bonds is 6. The van der Waals surface area contributed by atoms with Gasteiger partial charge >= 0.3 is 0 Å². The molecule has 2 aromatic heterocycles. The summed E-state index contributed by atoms with van der Waals surface area (Å²) >= 11 is 1.46. The van der Waals surface area contributed by atoms with Crippen molar-refractivity contribution in [2.45, 2.75) is 11.4 Å². The second kappa shape index (κ2) is 7.48. The quantitative estimate of drug-likeness (QED) is 0.535. The van der Waals surface area contributed by atoms with E-state index in [1.54, 1.807) is 10.9 Å². The van der Waals surface area contributed by atoms with Gasteiger partial charge in [-0.05, 0) is 29.1 Å². The molecule has 0 atom stereocenters. The van der Waals surface area contributed by atoms with Gasteiger partial charge in [-0.2, -0.15) is 5.10 Å². The molecule has 0 amide bonds. The zero-order chi connectivity index (χ0) is 18.7. The van der Waals surface area contributed by atoms with E-state index < -0.39 is 10.0 Å². The summed E-state index contributed by atoms with van der Waals surface area (Å²) in [5, 5.41) is 6.46. The van der Waals surface area contributed by atoms with E-state index in [-0.39, 0.29) is 11.4 Å². The van der Waals surface area contributed by atoms with Crippen molar-refractivity contribution in [2.75, 3.05) is 0 Å². The number of hydrogen-bond donors (Lipinski definition) is 1. The minimum absolute atomic E-state index is 0.171. The summed E-state index contributed by atoms with van der Waals surface area (Å²) in [5.41, 5.74) is 2.16. The highest BCUT2D eigenvalue weighted by Crippen LogP contribution is 2.30. The normalized spacial score (nSPS) is 11.6. The van der Waals surface area contributed by atoms with Gasteiger partial charge in [0, 0.05) is 6.54 Å². The number of hydrogen-bond acceptors (Lipinski definition) is 4. The van der Waals surface area contributed by atoms with Crippen molar-refractivity contribution in [1.29, 1.82) is 0 Å². The van der Waals surface area contributed by atoms with Gasteiger partial charge in [0.2, 0.25) is 10.0 Å². The predicted octanol–water partition coefficient (Wildman–Crippen LogP) is 4.08. The molecule has 0 radical (unpaired) electrons. The number of benzene rings is 2. The zero-order valence-corrected chi connectivity index (χ0v) is 16.0. The van der Waals surface area contributed by atoms with Crippen LogP contribution in [0.15, 0.2) is 89.3 Å². The maximum atomic E-state index is 13.0. The lowest BCUT2D eigenvalue weighted by atomic mass is 10.2. The molecule has 27 heavy (non-hydrogen) atoms. The van der Waals surface area contributed by atoms with Crippen molar-refractivity contribution in [3.05, 3.63) is 89.9 Å². The summed E-state index contributed by atoms with van der Waals surface area (Å²) in [6.07, 6.45) is 1.57. The van der Waals surface area contributed by atoms with Gasteiger partial charge in [-0.25, -0.2) is 17.8 Å². The number of thiophene rings is 1. The number of sulfonamides is 1. The van der Waals surface area contributed by atoms with E-state index in [0.717, 1.165) is 16.1 Å². The Kier molecular flexibility index (Phi) is 4.89. The average Bonchev–Trinajstić information content (AvgIpc) is 3.38. The minimum Gasteiger partial charge on any atom is -0.239 e. The van der Waals surface area contributed by atoms with Crippen molar-refractivity contribution in [1.82, 2.24) is 14.5 Å². The zero-order valence-electron chi connectivity index (χ0n) is 14.3. The van der Waals surface area contributed by atoms with Crippen LogP contribution in [-0.2, 0) is 16.6 Å². The Bertz CT molecular complexity index is 1120. The minimum atomic E-state index is -3.73. The smallest absolute Gasteiger partial charge is 0.239 e. The average molecular weight is 396 g/mol. The molecule has 2 heterocycles. The first kappa shape index (κ1) is 17.7. The van der Waals surface area contributed by atoms with Crippen molar-refractivity contribution in [3.63, 3.8) is 0 Å². The van der Waals surface area contributed by atoms with Gasteiger partial charge in [-0.3, -0.25) is 0 Å². The molecule has 1 N–H and O–H groups in total. The maximum absolute atomic E-state index is 13.0. The highest BCUT2D eigenvalue weighted by molar-refractivity contribution is 7.89. The lowest BCUT2D eigenvalue weighted by Crippen LogP contribution is -2.23. The summed E-state index contributed by atoms with van der Waals surface area (Å²) in [6, 6.07) is 22.7. The molecule has 7 heteroatoms. The summed E-state index contributed by atoms with van der Waals surface area (Å²) in [5.74, 6) is 0. The van der Waals surface area contributed by atoms with E-state index in [1.807, 2.05) is 78.2 Å². The van der Waals surface area contributed by atoms with Crippen LogP contribution < -0.4 is 4.72 Å². The lowest BCUT2D eigenvalue weighted by Gasteiger charge is -2.06. The molecule has 0 aliphatic carbocycles. The van der Waals surface area contributed by atoms with Gasteiger partial charge < -0.3 is 0 Å². The monoisotopic (exact) mass is 395 g/mol. The van der Waals surface area contributed by atoms with Gasteiger partial charge in [-0.1, -0.05) is 54.6 Å². The molecule has 0 aliphatic rings. The summed E-state index contributed by atoms with van der Waals surface area (Å²) in [7, 11) is -3.73. The number of nitrogens with zero attached hydrogens (tertiary/aromatic N) is 2. The second-order valence-electron chi connectivity index (χ2n) is 5.91. The van der Waals surface area contributed by atoms with Crippen LogP contribution in [0.5, 0.6) is 0 Å². The first-order valence-corrected chi connectivity index (χ1v) is 10.7. The molecule has 0 spiro atoms. The van der Waals surface area contributed by atoms with Crippen LogP contribution in [0.1, 0.15) is 5.56 Å². The third-order valence-electron chi connectivity index (χ3n) is 4.05. The van der Waals surface area contributed by atoms with Crippen LogP contribution in [-0.4, -0.2) is 18.2 Å². The van der Waals surface area contributed by atoms with Gasteiger partial charge in [0.15, 0.2) is 0 Å². The molecule has 136 valence electrons. The molecule has 5 nitrogen and oxygen atoms in total. The SMILES string of the molecule is O=S(=O)(NCc1ccccc1)c1cn(-c2ccccc2)nc1-c1cccs1. The fourth-order valence-electron chi connectivity index (χ4n) is 2.70. The standard InChI is InChI=1S/C20H17N3O2S2/c24-27(25,21-14-16-8-3-1-4-9-16)19-15-23(17-10-5-2-6-11-17)22-20(19)18-12-7-13-26-18/h1-13,15,21H,14H2. The van der Waals surface area contributed by atoms with Gasteiger partial charge in [0.1, 0.15) is 10.6 Å². The maximum Gasteiger partial charge on any atom is 0.244 e. The van der Waals surface area contributed by atoms with Crippen LogP contribution in [0.3, 0.4) is 0 Å². The van der Waals surface area contributed by atoms with E-state index in [9.17, 15) is 8.42 Å². The molecule has 2 aromatic carbocycles. The van der Waals surface area contributed by atoms with Crippen LogP contribution in [0.25, 0.3) is 16.3 Å². The Morgan fingerprint density at radius 1 is 0.926 bits per heavy atom. The van der Waals surface area contributed by atoms with E-state index >= 15 is 0 Å². The Morgan fingerprint density at radius 2 is 1.63 bits per heavy atom. The fraction of sp³-hybridized carbons (Fsp3) is 0.0500. The molecular formula is C20H17N3O2S2. The van der Waals surface area contributed by atoms with Crippen LogP contribution in [0.4, 0.5) is 0 Å². The number of para-hydroxylation sites is 1. The fourth-order valence-corrected chi connectivity index (χ4v) is 4.65. The first-order valence-electron chi connectivity index (χ1n) is 8.36. The molecule has 4 rings (SSSR count). The van der Waals surface area contributed by atoms with Crippen LogP contribution in [0.2, 0.25) is 0 Å². The molecule has 0 bridgehead atoms. The van der Waals surface area contributed by atoms with Gasteiger partial charge in [0.25, 0.3) is 0 Å². The van der Waals surface area contributed by atoms with E-state index in [1.165, 1.54) is 11.3 Å². The van der Waals surface area contributed by atoms with E-state index in [2.05, 4.69) is 9.82 Å². The predicted molar refractivity (Wildman–Crippen MR) is 107 cm³/mol. The number of aromatic nitrogens is 2. The van der Waals surface area contributed by atoms with Crippen LogP contribution >= 0.6 is 11.3 Å². The van der Waals surface area contributed by atoms with Gasteiger partial charge in [-0.15, -0.1) is 11.3 Å². The summed E-state index contributed by atoms with van der Waals surface area (Å²) < 4.78 is 30.3. The molecule has 0 saturated heterocycles. The summed E-state index contributed by atoms with van der Waals surface area (Å²) in [4.78, 5) is 0.981.